The van der Waals surface area contributed by atoms with Crippen LogP contribution in [-0.4, -0.2) is 54.3 Å². The first-order valence-corrected chi connectivity index (χ1v) is 8.12. The minimum Gasteiger partial charge on any atom is -0.384 e. The van der Waals surface area contributed by atoms with E-state index in [0.717, 1.165) is 13.1 Å². The van der Waals surface area contributed by atoms with E-state index in [1.54, 1.807) is 0 Å². The van der Waals surface area contributed by atoms with Gasteiger partial charge in [-0.3, -0.25) is 4.90 Å². The van der Waals surface area contributed by atoms with Crippen LogP contribution >= 0.6 is 0 Å². The average molecular weight is 298 g/mol. The zero-order valence-corrected chi connectivity index (χ0v) is 13.0. The van der Waals surface area contributed by atoms with E-state index in [2.05, 4.69) is 30.7 Å². The van der Waals surface area contributed by atoms with Crippen LogP contribution in [0.1, 0.15) is 20.8 Å². The number of nitrogens with two attached hydrogens (primary N) is 1. The molecule has 0 atom stereocenters. The molecule has 1 fully saturated rings. The summed E-state index contributed by atoms with van der Waals surface area (Å²) < 4.78 is 26.6. The predicted molar refractivity (Wildman–Crippen MR) is 78.7 cm³/mol. The van der Waals surface area contributed by atoms with Crippen LogP contribution in [-0.2, 0) is 10.0 Å². The molecule has 1 aromatic rings. The number of hydrogen-bond donors (Lipinski definition) is 1. The van der Waals surface area contributed by atoms with Crippen molar-refractivity contribution in [2.24, 2.45) is 0 Å². The molecular formula is C13H22N4O2S. The van der Waals surface area contributed by atoms with Gasteiger partial charge in [0.05, 0.1) is 4.90 Å². The number of aromatic nitrogens is 1. The zero-order chi connectivity index (χ0) is 15.0. The number of piperazine rings is 1. The molecule has 1 aliphatic heterocycles. The number of nitrogens with zero attached hydrogens (tertiary/aromatic N) is 3. The maximum absolute atomic E-state index is 12.5. The van der Waals surface area contributed by atoms with Crippen molar-refractivity contribution in [2.45, 2.75) is 31.2 Å². The van der Waals surface area contributed by atoms with Crippen molar-refractivity contribution in [3.63, 3.8) is 0 Å². The van der Waals surface area contributed by atoms with Crippen molar-refractivity contribution in [1.29, 1.82) is 0 Å². The molecule has 6 nitrogen and oxygen atoms in total. The molecule has 2 rings (SSSR count). The van der Waals surface area contributed by atoms with E-state index < -0.39 is 10.0 Å². The second-order valence-electron chi connectivity index (χ2n) is 5.98. The first-order chi connectivity index (χ1) is 9.21. The SMILES string of the molecule is CC(C)(C)N1CCN(S(=O)(=O)c2ccnc(N)c2)CC1. The smallest absolute Gasteiger partial charge is 0.243 e. The third-order valence-electron chi connectivity index (χ3n) is 3.58. The monoisotopic (exact) mass is 298 g/mol. The van der Waals surface area contributed by atoms with E-state index >= 15 is 0 Å². The molecule has 20 heavy (non-hydrogen) atoms. The number of anilines is 1. The molecular weight excluding hydrogens is 276 g/mol. The molecule has 0 radical (unpaired) electrons. The number of rotatable bonds is 2. The summed E-state index contributed by atoms with van der Waals surface area (Å²) in [5.74, 6) is 0.222. The molecule has 0 unspecified atom stereocenters. The Morgan fingerprint density at radius 3 is 2.30 bits per heavy atom. The van der Waals surface area contributed by atoms with Crippen LogP contribution in [0.5, 0.6) is 0 Å². The summed E-state index contributed by atoms with van der Waals surface area (Å²) in [6, 6.07) is 2.90. The largest absolute Gasteiger partial charge is 0.384 e. The normalized spacial score (nSPS) is 19.1. The second kappa shape index (κ2) is 5.31. The van der Waals surface area contributed by atoms with E-state index in [9.17, 15) is 8.42 Å². The average Bonchev–Trinajstić information content (AvgIpc) is 2.38. The van der Waals surface area contributed by atoms with Gasteiger partial charge >= 0.3 is 0 Å². The molecule has 0 saturated carbocycles. The fourth-order valence-electron chi connectivity index (χ4n) is 2.34. The zero-order valence-electron chi connectivity index (χ0n) is 12.2. The number of hydrogen-bond acceptors (Lipinski definition) is 5. The topological polar surface area (TPSA) is 79.5 Å². The van der Waals surface area contributed by atoms with E-state index in [1.165, 1.54) is 22.6 Å². The Kier molecular flexibility index (Phi) is 4.04. The Morgan fingerprint density at radius 2 is 1.80 bits per heavy atom. The summed E-state index contributed by atoms with van der Waals surface area (Å²) in [5, 5.41) is 0. The Hall–Kier alpha value is -1.18. The Labute approximate surface area is 120 Å². The molecule has 0 aliphatic carbocycles. The minimum atomic E-state index is -3.47. The Bertz CT molecular complexity index is 572. The molecule has 112 valence electrons. The number of pyridine rings is 1. The first-order valence-electron chi connectivity index (χ1n) is 6.68. The lowest BCUT2D eigenvalue weighted by molar-refractivity contribution is 0.0922. The Balaban J connectivity index is 2.14. The standard InChI is InChI=1S/C13H22N4O2S/c1-13(2,3)16-6-8-17(9-7-16)20(18,19)11-4-5-15-12(14)10-11/h4-5,10H,6-9H2,1-3H3,(H2,14,15). The van der Waals surface area contributed by atoms with Gasteiger partial charge in [0, 0.05) is 44.0 Å². The molecule has 7 heteroatoms. The van der Waals surface area contributed by atoms with Gasteiger partial charge in [0.25, 0.3) is 0 Å². The maximum Gasteiger partial charge on any atom is 0.243 e. The summed E-state index contributed by atoms with van der Waals surface area (Å²) in [7, 11) is -3.47. The van der Waals surface area contributed by atoms with Crippen molar-refractivity contribution < 1.29 is 8.42 Å². The molecule has 2 heterocycles. The van der Waals surface area contributed by atoms with E-state index in [1.807, 2.05) is 0 Å². The van der Waals surface area contributed by atoms with Gasteiger partial charge in [-0.15, -0.1) is 0 Å². The highest BCUT2D eigenvalue weighted by Crippen LogP contribution is 2.21. The van der Waals surface area contributed by atoms with Crippen molar-refractivity contribution in [3.8, 4) is 0 Å². The summed E-state index contributed by atoms with van der Waals surface area (Å²) >= 11 is 0. The Morgan fingerprint density at radius 1 is 1.20 bits per heavy atom. The van der Waals surface area contributed by atoms with Gasteiger partial charge in [0.2, 0.25) is 10.0 Å². The molecule has 0 amide bonds. The molecule has 0 aromatic carbocycles. The molecule has 1 aromatic heterocycles. The highest BCUT2D eigenvalue weighted by atomic mass is 32.2. The summed E-state index contributed by atoms with van der Waals surface area (Å²) in [6.45, 7) is 8.90. The molecule has 1 aliphatic rings. The van der Waals surface area contributed by atoms with E-state index in [-0.39, 0.29) is 16.3 Å². The summed E-state index contributed by atoms with van der Waals surface area (Å²) in [4.78, 5) is 6.34. The van der Waals surface area contributed by atoms with Gasteiger partial charge in [-0.2, -0.15) is 4.31 Å². The predicted octanol–water partition coefficient (Wildman–Crippen LogP) is 0.769. The van der Waals surface area contributed by atoms with Gasteiger partial charge in [-0.1, -0.05) is 0 Å². The molecule has 0 bridgehead atoms. The molecule has 0 spiro atoms. The minimum absolute atomic E-state index is 0.0664. The highest BCUT2D eigenvalue weighted by Gasteiger charge is 2.32. The van der Waals surface area contributed by atoms with E-state index in [0.29, 0.717) is 13.1 Å². The van der Waals surface area contributed by atoms with Crippen LogP contribution in [0.2, 0.25) is 0 Å². The fourth-order valence-corrected chi connectivity index (χ4v) is 3.78. The lowest BCUT2D eigenvalue weighted by Gasteiger charge is -2.41. The van der Waals surface area contributed by atoms with Gasteiger partial charge in [0.15, 0.2) is 0 Å². The van der Waals surface area contributed by atoms with Crippen molar-refractivity contribution >= 4 is 15.8 Å². The lowest BCUT2D eigenvalue weighted by atomic mass is 10.1. The second-order valence-corrected chi connectivity index (χ2v) is 7.92. The highest BCUT2D eigenvalue weighted by molar-refractivity contribution is 7.89. The van der Waals surface area contributed by atoms with Crippen molar-refractivity contribution in [3.05, 3.63) is 18.3 Å². The lowest BCUT2D eigenvalue weighted by Crippen LogP contribution is -2.54. The summed E-state index contributed by atoms with van der Waals surface area (Å²) in [5.41, 5.74) is 5.63. The third-order valence-corrected chi connectivity index (χ3v) is 5.47. The van der Waals surface area contributed by atoms with Gasteiger partial charge in [0.1, 0.15) is 5.82 Å². The van der Waals surface area contributed by atoms with Crippen LogP contribution in [0.25, 0.3) is 0 Å². The van der Waals surface area contributed by atoms with Crippen LogP contribution in [0.4, 0.5) is 5.82 Å². The van der Waals surface area contributed by atoms with Crippen LogP contribution in [0.3, 0.4) is 0 Å². The summed E-state index contributed by atoms with van der Waals surface area (Å²) in [6.07, 6.45) is 1.42. The van der Waals surface area contributed by atoms with Crippen LogP contribution in [0, 0.1) is 0 Å². The van der Waals surface area contributed by atoms with Gasteiger partial charge in [-0.25, -0.2) is 13.4 Å². The number of sulfonamides is 1. The van der Waals surface area contributed by atoms with Crippen molar-refractivity contribution in [2.75, 3.05) is 31.9 Å². The molecule has 2 N–H and O–H groups in total. The quantitative estimate of drug-likeness (QED) is 0.872. The van der Waals surface area contributed by atoms with Crippen molar-refractivity contribution in [1.82, 2.24) is 14.2 Å². The van der Waals surface area contributed by atoms with Crippen LogP contribution in [0.15, 0.2) is 23.2 Å². The third kappa shape index (κ3) is 3.11. The molecule has 1 saturated heterocycles. The fraction of sp³-hybridized carbons (Fsp3) is 0.615. The maximum atomic E-state index is 12.5. The first kappa shape index (κ1) is 15.2. The van der Waals surface area contributed by atoms with Gasteiger partial charge < -0.3 is 5.73 Å². The van der Waals surface area contributed by atoms with E-state index in [4.69, 9.17) is 5.73 Å². The number of nitrogen functional groups attached to an aromatic ring is 1. The van der Waals surface area contributed by atoms with Crippen LogP contribution < -0.4 is 5.73 Å². The van der Waals surface area contributed by atoms with Gasteiger partial charge in [-0.05, 0) is 26.8 Å².